The van der Waals surface area contributed by atoms with Gasteiger partial charge in [-0.25, -0.2) is 0 Å². The third kappa shape index (κ3) is 6.68. The molecule has 1 rings (SSSR count). The topological polar surface area (TPSA) is 82.1 Å². The molecule has 0 unspecified atom stereocenters. The number of benzene rings is 1. The Kier molecular flexibility index (Phi) is 8.32. The summed E-state index contributed by atoms with van der Waals surface area (Å²) < 4.78 is 14.7. The van der Waals surface area contributed by atoms with Crippen LogP contribution in [0.4, 0.5) is 0 Å². The maximum absolute atomic E-state index is 12.3. The van der Waals surface area contributed by atoms with Crippen LogP contribution in [0, 0.1) is 0 Å². The molecule has 0 fully saturated rings. The first-order valence-corrected chi connectivity index (χ1v) is 7.72. The highest BCUT2D eigenvalue weighted by molar-refractivity contribution is 5.95. The predicted octanol–water partition coefficient (Wildman–Crippen LogP) is 1.54. The number of hydrogen-bond acceptors (Lipinski definition) is 6. The Bertz CT molecular complexity index is 555. The minimum absolute atomic E-state index is 0.182. The molecular weight excluding hydrogens is 314 g/mol. The van der Waals surface area contributed by atoms with Crippen molar-refractivity contribution in [2.24, 2.45) is 0 Å². The van der Waals surface area contributed by atoms with Gasteiger partial charge in [-0.2, -0.15) is 0 Å². The van der Waals surface area contributed by atoms with Crippen molar-refractivity contribution in [3.05, 3.63) is 29.8 Å². The van der Waals surface area contributed by atoms with Gasteiger partial charge in [-0.15, -0.1) is 0 Å². The molecule has 7 nitrogen and oxygen atoms in total. The van der Waals surface area contributed by atoms with Crippen LogP contribution >= 0.6 is 0 Å². The molecule has 0 saturated carbocycles. The molecule has 0 bridgehead atoms. The van der Waals surface area contributed by atoms with Crippen LogP contribution in [-0.2, 0) is 30.4 Å². The molecule has 0 heterocycles. The van der Waals surface area contributed by atoms with Gasteiger partial charge >= 0.3 is 11.9 Å². The number of nitrogens with zero attached hydrogens (tertiary/aromatic N) is 1. The van der Waals surface area contributed by atoms with E-state index in [2.05, 4.69) is 0 Å². The van der Waals surface area contributed by atoms with Crippen LogP contribution in [-0.4, -0.2) is 49.6 Å². The molecule has 0 aromatic heterocycles. The Morgan fingerprint density at radius 2 is 1.54 bits per heavy atom. The molecule has 0 radical (unpaired) electrons. The molecule has 132 valence electrons. The lowest BCUT2D eigenvalue weighted by Gasteiger charge is -2.21. The highest BCUT2D eigenvalue weighted by Gasteiger charge is 2.21. The molecule has 0 saturated heterocycles. The largest absolute Gasteiger partial charge is 0.497 e. The van der Waals surface area contributed by atoms with Gasteiger partial charge in [0.2, 0.25) is 5.91 Å². The van der Waals surface area contributed by atoms with Gasteiger partial charge in [0.15, 0.2) is 0 Å². The number of carbonyl (C=O) groups excluding carboxylic acids is 3. The second kappa shape index (κ2) is 10.3. The standard InChI is InChI=1S/C17H23NO6/c1-4-23-16(20)10-15(19)18(12-17(21)24-5-2)11-13-6-8-14(22-3)9-7-13/h6-9H,4-5,10-12H2,1-3H3. The fraction of sp³-hybridized carbons (Fsp3) is 0.471. The van der Waals surface area contributed by atoms with Gasteiger partial charge < -0.3 is 19.1 Å². The molecule has 0 spiro atoms. The average Bonchev–Trinajstić information content (AvgIpc) is 2.55. The molecule has 0 N–H and O–H groups in total. The zero-order valence-corrected chi connectivity index (χ0v) is 14.2. The summed E-state index contributed by atoms with van der Waals surface area (Å²) in [6.07, 6.45) is -0.413. The molecule has 1 aromatic carbocycles. The Morgan fingerprint density at radius 1 is 0.958 bits per heavy atom. The third-order valence-corrected chi connectivity index (χ3v) is 3.11. The van der Waals surface area contributed by atoms with Crippen molar-refractivity contribution in [1.82, 2.24) is 4.90 Å². The summed E-state index contributed by atoms with van der Waals surface area (Å²) in [6, 6.07) is 7.09. The minimum Gasteiger partial charge on any atom is -0.497 e. The average molecular weight is 337 g/mol. The number of methoxy groups -OCH3 is 1. The summed E-state index contributed by atoms with van der Waals surface area (Å²) in [6.45, 7) is 3.73. The van der Waals surface area contributed by atoms with E-state index in [1.165, 1.54) is 4.90 Å². The highest BCUT2D eigenvalue weighted by Crippen LogP contribution is 2.14. The highest BCUT2D eigenvalue weighted by atomic mass is 16.5. The molecule has 0 aliphatic carbocycles. The van der Waals surface area contributed by atoms with Gasteiger partial charge in [-0.3, -0.25) is 14.4 Å². The second-order valence-corrected chi connectivity index (χ2v) is 4.88. The minimum atomic E-state index is -0.619. The maximum atomic E-state index is 12.3. The van der Waals surface area contributed by atoms with Gasteiger partial charge in [0.1, 0.15) is 18.7 Å². The fourth-order valence-electron chi connectivity index (χ4n) is 1.99. The molecule has 7 heteroatoms. The number of carbonyl (C=O) groups is 3. The van der Waals surface area contributed by atoms with Gasteiger partial charge in [0, 0.05) is 6.54 Å². The van der Waals surface area contributed by atoms with Crippen LogP contribution in [0.5, 0.6) is 5.75 Å². The molecule has 0 atom stereocenters. The first-order valence-electron chi connectivity index (χ1n) is 7.72. The van der Waals surface area contributed by atoms with E-state index >= 15 is 0 Å². The summed E-state index contributed by atoms with van der Waals surface area (Å²) in [4.78, 5) is 36.8. The molecular formula is C17H23NO6. The van der Waals surface area contributed by atoms with Crippen molar-refractivity contribution in [2.45, 2.75) is 26.8 Å². The van der Waals surface area contributed by atoms with E-state index in [1.807, 2.05) is 0 Å². The molecule has 1 amide bonds. The Morgan fingerprint density at radius 3 is 2.08 bits per heavy atom. The fourth-order valence-corrected chi connectivity index (χ4v) is 1.99. The van der Waals surface area contributed by atoms with E-state index in [1.54, 1.807) is 45.2 Å². The molecule has 1 aromatic rings. The van der Waals surface area contributed by atoms with Gasteiger partial charge in [0.25, 0.3) is 0 Å². The summed E-state index contributed by atoms with van der Waals surface area (Å²) in [5.74, 6) is -0.944. The van der Waals surface area contributed by atoms with Crippen LogP contribution in [0.15, 0.2) is 24.3 Å². The Hall–Kier alpha value is -2.57. The van der Waals surface area contributed by atoms with Crippen molar-refractivity contribution in [2.75, 3.05) is 26.9 Å². The van der Waals surface area contributed by atoms with Crippen molar-refractivity contribution < 1.29 is 28.6 Å². The lowest BCUT2D eigenvalue weighted by Crippen LogP contribution is -2.37. The van der Waals surface area contributed by atoms with E-state index in [9.17, 15) is 14.4 Å². The van der Waals surface area contributed by atoms with Crippen molar-refractivity contribution in [1.29, 1.82) is 0 Å². The van der Waals surface area contributed by atoms with E-state index in [0.717, 1.165) is 5.56 Å². The second-order valence-electron chi connectivity index (χ2n) is 4.88. The summed E-state index contributed by atoms with van der Waals surface area (Å²) in [5.41, 5.74) is 0.803. The van der Waals surface area contributed by atoms with Crippen LogP contribution in [0.25, 0.3) is 0 Å². The molecule has 0 aliphatic heterocycles. The van der Waals surface area contributed by atoms with Gasteiger partial charge in [0.05, 0.1) is 20.3 Å². The monoisotopic (exact) mass is 337 g/mol. The van der Waals surface area contributed by atoms with Crippen molar-refractivity contribution in [3.8, 4) is 5.75 Å². The first-order chi connectivity index (χ1) is 11.5. The molecule has 0 aliphatic rings. The van der Waals surface area contributed by atoms with Gasteiger partial charge in [-0.05, 0) is 31.5 Å². The van der Waals surface area contributed by atoms with Gasteiger partial charge in [-0.1, -0.05) is 12.1 Å². The van der Waals surface area contributed by atoms with E-state index in [-0.39, 0.29) is 26.3 Å². The molecule has 24 heavy (non-hydrogen) atoms. The smallest absolute Gasteiger partial charge is 0.325 e. The van der Waals surface area contributed by atoms with E-state index in [0.29, 0.717) is 5.75 Å². The number of hydrogen-bond donors (Lipinski definition) is 0. The summed E-state index contributed by atoms with van der Waals surface area (Å²) >= 11 is 0. The van der Waals surface area contributed by atoms with E-state index in [4.69, 9.17) is 14.2 Å². The van der Waals surface area contributed by atoms with Crippen molar-refractivity contribution >= 4 is 17.8 Å². The Labute approximate surface area is 141 Å². The van der Waals surface area contributed by atoms with Crippen LogP contribution in [0.1, 0.15) is 25.8 Å². The summed E-state index contributed by atoms with van der Waals surface area (Å²) in [7, 11) is 1.56. The zero-order valence-electron chi connectivity index (χ0n) is 14.2. The number of ether oxygens (including phenoxy) is 3. The quantitative estimate of drug-likeness (QED) is 0.502. The first kappa shape index (κ1) is 19.5. The predicted molar refractivity (Wildman–Crippen MR) is 86.3 cm³/mol. The lowest BCUT2D eigenvalue weighted by atomic mass is 10.2. The van der Waals surface area contributed by atoms with Crippen molar-refractivity contribution in [3.63, 3.8) is 0 Å². The van der Waals surface area contributed by atoms with Crippen LogP contribution in [0.2, 0.25) is 0 Å². The van der Waals surface area contributed by atoms with Crippen LogP contribution < -0.4 is 4.74 Å². The normalized spacial score (nSPS) is 9.96. The number of esters is 2. The third-order valence-electron chi connectivity index (χ3n) is 3.11. The van der Waals surface area contributed by atoms with Crippen LogP contribution in [0.3, 0.4) is 0 Å². The Balaban J connectivity index is 2.80. The SMILES string of the molecule is CCOC(=O)CC(=O)N(CC(=O)OCC)Cc1ccc(OC)cc1. The number of amides is 1. The lowest BCUT2D eigenvalue weighted by molar-refractivity contribution is -0.154. The summed E-state index contributed by atoms with van der Waals surface area (Å²) in [5, 5.41) is 0. The van der Waals surface area contributed by atoms with E-state index < -0.39 is 24.3 Å². The maximum Gasteiger partial charge on any atom is 0.325 e. The number of rotatable bonds is 9. The zero-order chi connectivity index (χ0) is 17.9.